The van der Waals surface area contributed by atoms with E-state index in [1.54, 1.807) is 23.1 Å². The molecule has 0 atom stereocenters. The predicted octanol–water partition coefficient (Wildman–Crippen LogP) is 1.66. The highest BCUT2D eigenvalue weighted by atomic mass is 19.1. The molecule has 4 heteroatoms. The van der Waals surface area contributed by atoms with Crippen LogP contribution in [-0.2, 0) is 0 Å². The molecule has 0 heterocycles. The van der Waals surface area contributed by atoms with Gasteiger partial charge >= 0.3 is 0 Å². The molecule has 15 heavy (non-hydrogen) atoms. The zero-order valence-corrected chi connectivity index (χ0v) is 8.61. The molecule has 0 aromatic heterocycles. The van der Waals surface area contributed by atoms with Crippen LogP contribution in [0, 0.1) is 17.1 Å². The van der Waals surface area contributed by atoms with Crippen molar-refractivity contribution >= 4 is 0 Å². The number of ether oxygens (including phenoxy) is 1. The highest BCUT2D eigenvalue weighted by Crippen LogP contribution is 2.14. The second-order valence-corrected chi connectivity index (χ2v) is 3.17. The number of benzene rings is 1. The first kappa shape index (κ1) is 11.5. The smallest absolute Gasteiger partial charge is 0.165 e. The van der Waals surface area contributed by atoms with E-state index in [1.807, 2.05) is 13.1 Å². The number of nitrogens with zero attached hydrogens (tertiary/aromatic N) is 2. The largest absolute Gasteiger partial charge is 0.489 e. The Morgan fingerprint density at radius 1 is 1.47 bits per heavy atom. The SMILES string of the molecule is CN(CC#N)CCOc1ccccc1F. The fraction of sp³-hybridized carbons (Fsp3) is 0.364. The van der Waals surface area contributed by atoms with E-state index in [9.17, 15) is 4.39 Å². The maximum Gasteiger partial charge on any atom is 0.165 e. The summed E-state index contributed by atoms with van der Waals surface area (Å²) < 4.78 is 18.3. The number of hydrogen-bond acceptors (Lipinski definition) is 3. The van der Waals surface area contributed by atoms with E-state index in [-0.39, 0.29) is 11.6 Å². The predicted molar refractivity (Wildman–Crippen MR) is 55.0 cm³/mol. The second kappa shape index (κ2) is 5.99. The zero-order chi connectivity index (χ0) is 11.1. The van der Waals surface area contributed by atoms with Gasteiger partial charge in [-0.1, -0.05) is 12.1 Å². The van der Waals surface area contributed by atoms with Crippen LogP contribution < -0.4 is 4.74 Å². The molecule has 0 unspecified atom stereocenters. The van der Waals surface area contributed by atoms with Crippen molar-refractivity contribution in [1.82, 2.24) is 4.90 Å². The van der Waals surface area contributed by atoms with Crippen LogP contribution in [0.25, 0.3) is 0 Å². The molecule has 0 spiro atoms. The molecule has 0 saturated carbocycles. The van der Waals surface area contributed by atoms with Crippen LogP contribution in [0.1, 0.15) is 0 Å². The molecule has 0 N–H and O–H groups in total. The van der Waals surface area contributed by atoms with Gasteiger partial charge in [0.1, 0.15) is 6.61 Å². The lowest BCUT2D eigenvalue weighted by Gasteiger charge is -2.13. The van der Waals surface area contributed by atoms with E-state index in [1.165, 1.54) is 6.07 Å². The number of rotatable bonds is 5. The molecule has 0 amide bonds. The summed E-state index contributed by atoms with van der Waals surface area (Å²) in [6.45, 7) is 1.32. The van der Waals surface area contributed by atoms with Crippen molar-refractivity contribution in [3.63, 3.8) is 0 Å². The van der Waals surface area contributed by atoms with Crippen molar-refractivity contribution in [3.05, 3.63) is 30.1 Å². The fourth-order valence-electron chi connectivity index (χ4n) is 1.07. The van der Waals surface area contributed by atoms with Gasteiger partial charge in [0.25, 0.3) is 0 Å². The minimum Gasteiger partial charge on any atom is -0.489 e. The number of para-hydroxylation sites is 1. The lowest BCUT2D eigenvalue weighted by molar-refractivity contribution is 0.243. The molecule has 1 aromatic carbocycles. The first-order valence-corrected chi connectivity index (χ1v) is 4.67. The number of halogens is 1. The number of nitriles is 1. The van der Waals surface area contributed by atoms with Gasteiger partial charge < -0.3 is 4.74 Å². The van der Waals surface area contributed by atoms with Crippen LogP contribution in [-0.4, -0.2) is 31.6 Å². The Kier molecular flexibility index (Phi) is 4.58. The Bertz CT molecular complexity index is 349. The lowest BCUT2D eigenvalue weighted by Crippen LogP contribution is -2.24. The third-order valence-electron chi connectivity index (χ3n) is 1.91. The summed E-state index contributed by atoms with van der Waals surface area (Å²) in [7, 11) is 1.81. The molecule has 0 fully saturated rings. The van der Waals surface area contributed by atoms with E-state index in [2.05, 4.69) is 0 Å². The Labute approximate surface area is 88.7 Å². The number of likely N-dealkylation sites (N-methyl/N-ethyl adjacent to an activating group) is 1. The molecular weight excluding hydrogens is 195 g/mol. The molecule has 0 aliphatic heterocycles. The average molecular weight is 208 g/mol. The Balaban J connectivity index is 2.32. The Hall–Kier alpha value is -1.60. The van der Waals surface area contributed by atoms with Crippen LogP contribution in [0.5, 0.6) is 5.75 Å². The summed E-state index contributed by atoms with van der Waals surface area (Å²) in [6, 6.07) is 8.30. The van der Waals surface area contributed by atoms with Crippen molar-refractivity contribution in [2.45, 2.75) is 0 Å². The van der Waals surface area contributed by atoms with E-state index in [0.29, 0.717) is 19.7 Å². The van der Waals surface area contributed by atoms with Crippen LogP contribution in [0.15, 0.2) is 24.3 Å². The van der Waals surface area contributed by atoms with Crippen molar-refractivity contribution in [2.24, 2.45) is 0 Å². The van der Waals surface area contributed by atoms with Gasteiger partial charge in [0.2, 0.25) is 0 Å². The molecule has 80 valence electrons. The lowest BCUT2D eigenvalue weighted by atomic mass is 10.3. The van der Waals surface area contributed by atoms with Crippen LogP contribution in [0.2, 0.25) is 0 Å². The van der Waals surface area contributed by atoms with Gasteiger partial charge in [0, 0.05) is 6.54 Å². The van der Waals surface area contributed by atoms with Gasteiger partial charge in [-0.25, -0.2) is 4.39 Å². The summed E-state index contributed by atoms with van der Waals surface area (Å²) in [6.07, 6.45) is 0. The van der Waals surface area contributed by atoms with E-state index >= 15 is 0 Å². The van der Waals surface area contributed by atoms with E-state index < -0.39 is 0 Å². The minimum atomic E-state index is -0.361. The Morgan fingerprint density at radius 3 is 2.87 bits per heavy atom. The normalized spacial score (nSPS) is 10.0. The van der Waals surface area contributed by atoms with E-state index in [4.69, 9.17) is 10.00 Å². The first-order valence-electron chi connectivity index (χ1n) is 4.67. The standard InChI is InChI=1S/C11H13FN2O/c1-14(7-6-13)8-9-15-11-5-3-2-4-10(11)12/h2-5H,7-9H2,1H3. The molecule has 0 aliphatic rings. The average Bonchev–Trinajstić information content (AvgIpc) is 2.21. The van der Waals surface area contributed by atoms with Gasteiger partial charge in [-0.15, -0.1) is 0 Å². The summed E-state index contributed by atoms with van der Waals surface area (Å²) in [5.74, 6) is -0.108. The van der Waals surface area contributed by atoms with Gasteiger partial charge in [0.15, 0.2) is 11.6 Å². The van der Waals surface area contributed by atoms with Crippen LogP contribution in [0.3, 0.4) is 0 Å². The summed E-state index contributed by atoms with van der Waals surface area (Å²) in [4.78, 5) is 1.81. The zero-order valence-electron chi connectivity index (χ0n) is 8.61. The van der Waals surface area contributed by atoms with Gasteiger partial charge in [-0.2, -0.15) is 5.26 Å². The molecular formula is C11H13FN2O. The van der Waals surface area contributed by atoms with Crippen molar-refractivity contribution in [2.75, 3.05) is 26.7 Å². The molecule has 3 nitrogen and oxygen atoms in total. The third-order valence-corrected chi connectivity index (χ3v) is 1.91. The van der Waals surface area contributed by atoms with Crippen molar-refractivity contribution in [1.29, 1.82) is 5.26 Å². The van der Waals surface area contributed by atoms with Crippen molar-refractivity contribution < 1.29 is 9.13 Å². The third kappa shape index (κ3) is 3.96. The molecule has 1 aromatic rings. The first-order chi connectivity index (χ1) is 7.24. The number of hydrogen-bond donors (Lipinski definition) is 0. The van der Waals surface area contributed by atoms with Crippen LogP contribution >= 0.6 is 0 Å². The summed E-state index contributed by atoms with van der Waals surface area (Å²) in [5, 5.41) is 8.40. The molecule has 0 radical (unpaired) electrons. The summed E-state index contributed by atoms with van der Waals surface area (Å²) in [5.41, 5.74) is 0. The molecule has 0 saturated heterocycles. The maximum absolute atomic E-state index is 13.1. The summed E-state index contributed by atoms with van der Waals surface area (Å²) >= 11 is 0. The highest BCUT2D eigenvalue weighted by molar-refractivity contribution is 5.23. The van der Waals surface area contributed by atoms with Gasteiger partial charge in [-0.3, -0.25) is 4.90 Å². The maximum atomic E-state index is 13.1. The topological polar surface area (TPSA) is 36.3 Å². The van der Waals surface area contributed by atoms with Gasteiger partial charge in [0.05, 0.1) is 12.6 Å². The molecule has 0 bridgehead atoms. The minimum absolute atomic E-state index is 0.253. The monoisotopic (exact) mass is 208 g/mol. The second-order valence-electron chi connectivity index (χ2n) is 3.17. The Morgan fingerprint density at radius 2 is 2.20 bits per heavy atom. The van der Waals surface area contributed by atoms with Crippen LogP contribution in [0.4, 0.5) is 4.39 Å². The van der Waals surface area contributed by atoms with E-state index in [0.717, 1.165) is 0 Å². The van der Waals surface area contributed by atoms with Gasteiger partial charge in [-0.05, 0) is 19.2 Å². The highest BCUT2D eigenvalue weighted by Gasteiger charge is 2.02. The quantitative estimate of drug-likeness (QED) is 0.690. The van der Waals surface area contributed by atoms with Crippen molar-refractivity contribution in [3.8, 4) is 11.8 Å². The fourth-order valence-corrected chi connectivity index (χ4v) is 1.07. The molecule has 1 rings (SSSR count). The molecule has 0 aliphatic carbocycles.